The van der Waals surface area contributed by atoms with Gasteiger partial charge in [-0.25, -0.2) is 0 Å². The van der Waals surface area contributed by atoms with Gasteiger partial charge in [-0.2, -0.15) is 0 Å². The highest BCUT2D eigenvalue weighted by atomic mass is 16.1. The fourth-order valence-corrected chi connectivity index (χ4v) is 3.33. The van der Waals surface area contributed by atoms with Gasteiger partial charge in [-0.15, -0.1) is 0 Å². The molecule has 1 rings (SSSR count). The van der Waals surface area contributed by atoms with Crippen molar-refractivity contribution in [2.24, 2.45) is 0 Å². The molecule has 0 bridgehead atoms. The molecule has 0 aliphatic rings. The van der Waals surface area contributed by atoms with Gasteiger partial charge in [-0.1, -0.05) is 89.0 Å². The molecule has 0 fully saturated rings. The third-order valence-corrected chi connectivity index (χ3v) is 5.04. The van der Waals surface area contributed by atoms with Gasteiger partial charge in [0.25, 0.3) is 0 Å². The summed E-state index contributed by atoms with van der Waals surface area (Å²) < 4.78 is 0. The standard InChI is InChI=1S/C25H41NO/c1-2-3-4-5-6-7-8-9-10-11-12-13-14-15-16-17-21-26-25-20-18-19-24(22-25)23-27/h9-10,18-20,22-23,26H,2-8,11-17,21H2,1H3/b10-9+. The van der Waals surface area contributed by atoms with Crippen molar-refractivity contribution < 1.29 is 4.79 Å². The van der Waals surface area contributed by atoms with Crippen molar-refractivity contribution in [3.63, 3.8) is 0 Å². The molecule has 0 aliphatic carbocycles. The molecule has 0 saturated heterocycles. The molecule has 0 aromatic heterocycles. The molecule has 0 atom stereocenters. The molecule has 2 nitrogen and oxygen atoms in total. The van der Waals surface area contributed by atoms with Gasteiger partial charge >= 0.3 is 0 Å². The summed E-state index contributed by atoms with van der Waals surface area (Å²) in [6.07, 6.45) is 24.4. The Labute approximate surface area is 167 Å². The van der Waals surface area contributed by atoms with E-state index in [9.17, 15) is 4.79 Å². The maximum Gasteiger partial charge on any atom is 0.150 e. The fraction of sp³-hybridized carbons (Fsp3) is 0.640. The first kappa shape index (κ1) is 23.5. The predicted octanol–water partition coefficient (Wildman–Crippen LogP) is 7.95. The highest BCUT2D eigenvalue weighted by molar-refractivity contribution is 5.76. The molecule has 1 aromatic carbocycles. The first-order valence-electron chi connectivity index (χ1n) is 11.3. The number of carbonyl (C=O) groups excluding carboxylic acids is 1. The zero-order valence-corrected chi connectivity index (χ0v) is 17.6. The van der Waals surface area contributed by atoms with Crippen LogP contribution >= 0.6 is 0 Å². The third kappa shape index (κ3) is 14.2. The SMILES string of the molecule is CCCCCCCC/C=C/CCCCCCCCNc1cccc(C=O)c1. The molecule has 0 radical (unpaired) electrons. The van der Waals surface area contributed by atoms with E-state index >= 15 is 0 Å². The number of hydrogen-bond donors (Lipinski definition) is 1. The fourth-order valence-electron chi connectivity index (χ4n) is 3.33. The van der Waals surface area contributed by atoms with Crippen molar-refractivity contribution in [2.45, 2.75) is 96.8 Å². The average molecular weight is 372 g/mol. The average Bonchev–Trinajstić information content (AvgIpc) is 2.70. The lowest BCUT2D eigenvalue weighted by molar-refractivity contribution is 0.112. The molecule has 0 heterocycles. The maximum atomic E-state index is 10.8. The van der Waals surface area contributed by atoms with E-state index in [0.29, 0.717) is 0 Å². The number of rotatable bonds is 18. The lowest BCUT2D eigenvalue weighted by Crippen LogP contribution is -2.01. The number of benzene rings is 1. The minimum Gasteiger partial charge on any atom is -0.385 e. The largest absolute Gasteiger partial charge is 0.385 e. The zero-order chi connectivity index (χ0) is 19.4. The van der Waals surface area contributed by atoms with Crippen LogP contribution in [0.1, 0.15) is 107 Å². The van der Waals surface area contributed by atoms with Crippen molar-refractivity contribution in [3.8, 4) is 0 Å². The molecule has 27 heavy (non-hydrogen) atoms. The van der Waals surface area contributed by atoms with Crippen LogP contribution in [-0.2, 0) is 0 Å². The molecular formula is C25H41NO. The minimum atomic E-state index is 0.737. The lowest BCUT2D eigenvalue weighted by Gasteiger charge is -2.06. The van der Waals surface area contributed by atoms with Gasteiger partial charge in [0, 0.05) is 17.8 Å². The van der Waals surface area contributed by atoms with Crippen LogP contribution in [0.25, 0.3) is 0 Å². The Hall–Kier alpha value is -1.57. The Morgan fingerprint density at radius 2 is 1.37 bits per heavy atom. The Balaban J connectivity index is 1.82. The monoisotopic (exact) mass is 371 g/mol. The number of hydrogen-bond acceptors (Lipinski definition) is 2. The minimum absolute atomic E-state index is 0.737. The molecule has 1 N–H and O–H groups in total. The van der Waals surface area contributed by atoms with E-state index in [-0.39, 0.29) is 0 Å². The Bertz CT molecular complexity index is 495. The van der Waals surface area contributed by atoms with Crippen LogP contribution in [0.5, 0.6) is 0 Å². The summed E-state index contributed by atoms with van der Waals surface area (Å²) in [6.45, 7) is 3.27. The molecule has 2 heteroatoms. The van der Waals surface area contributed by atoms with E-state index in [2.05, 4.69) is 24.4 Å². The predicted molar refractivity (Wildman–Crippen MR) is 120 cm³/mol. The molecule has 0 saturated carbocycles. The van der Waals surface area contributed by atoms with Crippen LogP contribution in [0.3, 0.4) is 0 Å². The van der Waals surface area contributed by atoms with Crippen molar-refractivity contribution in [1.82, 2.24) is 0 Å². The number of aldehydes is 1. The second-order valence-corrected chi connectivity index (χ2v) is 7.61. The lowest BCUT2D eigenvalue weighted by atomic mass is 10.1. The molecule has 0 spiro atoms. The van der Waals surface area contributed by atoms with Gasteiger partial charge in [0.2, 0.25) is 0 Å². The van der Waals surface area contributed by atoms with Gasteiger partial charge in [0.15, 0.2) is 0 Å². The van der Waals surface area contributed by atoms with E-state index in [1.165, 1.54) is 89.9 Å². The molecular weight excluding hydrogens is 330 g/mol. The van der Waals surface area contributed by atoms with Crippen molar-refractivity contribution in [1.29, 1.82) is 0 Å². The second-order valence-electron chi connectivity index (χ2n) is 7.61. The summed E-state index contributed by atoms with van der Waals surface area (Å²) in [5, 5.41) is 3.40. The van der Waals surface area contributed by atoms with Crippen LogP contribution in [0, 0.1) is 0 Å². The third-order valence-electron chi connectivity index (χ3n) is 5.04. The molecule has 1 aromatic rings. The molecule has 0 aliphatic heterocycles. The van der Waals surface area contributed by atoms with Crippen LogP contribution in [0.4, 0.5) is 5.69 Å². The van der Waals surface area contributed by atoms with Crippen molar-refractivity contribution in [3.05, 3.63) is 42.0 Å². The summed E-state index contributed by atoms with van der Waals surface area (Å²) in [5.74, 6) is 0. The molecule has 0 unspecified atom stereocenters. The summed E-state index contributed by atoms with van der Waals surface area (Å²) >= 11 is 0. The quantitative estimate of drug-likeness (QED) is 0.161. The van der Waals surface area contributed by atoms with Gasteiger partial charge < -0.3 is 5.32 Å². The summed E-state index contributed by atoms with van der Waals surface area (Å²) in [5.41, 5.74) is 1.79. The number of carbonyl (C=O) groups is 1. The van der Waals surface area contributed by atoms with E-state index in [4.69, 9.17) is 0 Å². The van der Waals surface area contributed by atoms with Crippen LogP contribution in [0.15, 0.2) is 36.4 Å². The van der Waals surface area contributed by atoms with Gasteiger partial charge in [0.1, 0.15) is 6.29 Å². The van der Waals surface area contributed by atoms with Gasteiger partial charge in [-0.05, 0) is 44.2 Å². The first-order valence-corrected chi connectivity index (χ1v) is 11.3. The second kappa shape index (κ2) is 17.8. The summed E-state index contributed by atoms with van der Waals surface area (Å²) in [4.78, 5) is 10.8. The number of anilines is 1. The first-order chi connectivity index (χ1) is 13.4. The smallest absolute Gasteiger partial charge is 0.150 e. The van der Waals surface area contributed by atoms with Gasteiger partial charge in [-0.3, -0.25) is 4.79 Å². The van der Waals surface area contributed by atoms with E-state index in [1.807, 2.05) is 24.3 Å². The maximum absolute atomic E-state index is 10.8. The Morgan fingerprint density at radius 1 is 0.778 bits per heavy atom. The zero-order valence-electron chi connectivity index (χ0n) is 17.6. The van der Waals surface area contributed by atoms with E-state index in [0.717, 1.165) is 24.1 Å². The van der Waals surface area contributed by atoms with Crippen LogP contribution < -0.4 is 5.32 Å². The van der Waals surface area contributed by atoms with Crippen LogP contribution in [0.2, 0.25) is 0 Å². The summed E-state index contributed by atoms with van der Waals surface area (Å²) in [7, 11) is 0. The normalized spacial score (nSPS) is 11.1. The van der Waals surface area contributed by atoms with Gasteiger partial charge in [0.05, 0.1) is 0 Å². The highest BCUT2D eigenvalue weighted by Gasteiger charge is 1.95. The number of unbranched alkanes of at least 4 members (excludes halogenated alkanes) is 12. The summed E-state index contributed by atoms with van der Waals surface area (Å²) in [6, 6.07) is 7.69. The topological polar surface area (TPSA) is 29.1 Å². The van der Waals surface area contributed by atoms with E-state index < -0.39 is 0 Å². The number of nitrogens with one attached hydrogen (secondary N) is 1. The van der Waals surface area contributed by atoms with Crippen LogP contribution in [-0.4, -0.2) is 12.8 Å². The Kier molecular flexibility index (Phi) is 15.5. The van der Waals surface area contributed by atoms with Crippen molar-refractivity contribution in [2.75, 3.05) is 11.9 Å². The van der Waals surface area contributed by atoms with Crippen molar-refractivity contribution >= 4 is 12.0 Å². The van der Waals surface area contributed by atoms with E-state index in [1.54, 1.807) is 0 Å². The molecule has 0 amide bonds. The number of allylic oxidation sites excluding steroid dienone is 2. The Morgan fingerprint density at radius 3 is 2.00 bits per heavy atom. The highest BCUT2D eigenvalue weighted by Crippen LogP contribution is 2.12. The molecule has 152 valence electrons.